The molecular formula is C21H21N5O5. The van der Waals surface area contributed by atoms with E-state index in [1.54, 1.807) is 39.0 Å². The van der Waals surface area contributed by atoms with Gasteiger partial charge in [-0.1, -0.05) is 0 Å². The quantitative estimate of drug-likeness (QED) is 0.286. The molecule has 160 valence electrons. The normalized spacial score (nSPS) is 11.4. The highest BCUT2D eigenvalue weighted by Crippen LogP contribution is 2.38. The first kappa shape index (κ1) is 20.2. The Morgan fingerprint density at radius 3 is 1.90 bits per heavy atom. The minimum Gasteiger partial charge on any atom is -0.460 e. The number of aromatic amines is 4. The predicted octanol–water partition coefficient (Wildman–Crippen LogP) is 3.30. The van der Waals surface area contributed by atoms with Crippen LogP contribution in [-0.4, -0.2) is 25.3 Å². The summed E-state index contributed by atoms with van der Waals surface area (Å²) in [6.07, 6.45) is 0. The van der Waals surface area contributed by atoms with Crippen LogP contribution in [0.3, 0.4) is 0 Å². The van der Waals surface area contributed by atoms with Gasteiger partial charge in [0.15, 0.2) is 0 Å². The summed E-state index contributed by atoms with van der Waals surface area (Å²) in [6.45, 7) is 7.10. The second-order valence-corrected chi connectivity index (χ2v) is 7.58. The molecule has 0 bridgehead atoms. The number of H-pyrrole nitrogens is 4. The monoisotopic (exact) mass is 423 g/mol. The van der Waals surface area contributed by atoms with Crippen molar-refractivity contribution in [1.82, 2.24) is 20.4 Å². The van der Waals surface area contributed by atoms with Crippen LogP contribution in [0.5, 0.6) is 0 Å². The maximum Gasteiger partial charge on any atom is 0.280 e. The molecule has 3 heterocycles. The summed E-state index contributed by atoms with van der Waals surface area (Å²) < 4.78 is 6.05. The number of rotatable bonds is 5. The Labute approximate surface area is 175 Å². The minimum atomic E-state index is -0.802. The van der Waals surface area contributed by atoms with Gasteiger partial charge in [0.25, 0.3) is 16.8 Å². The summed E-state index contributed by atoms with van der Waals surface area (Å²) in [4.78, 5) is 36.2. The van der Waals surface area contributed by atoms with Gasteiger partial charge in [-0.2, -0.15) is 0 Å². The van der Waals surface area contributed by atoms with Crippen molar-refractivity contribution >= 4 is 5.69 Å². The molecule has 0 aliphatic heterocycles. The summed E-state index contributed by atoms with van der Waals surface area (Å²) in [5.74, 6) is -0.197. The second kappa shape index (κ2) is 7.31. The van der Waals surface area contributed by atoms with Gasteiger partial charge in [-0.3, -0.25) is 29.9 Å². The minimum absolute atomic E-state index is 0.0769. The number of benzene rings is 1. The third kappa shape index (κ3) is 3.31. The number of nitro groups is 1. The van der Waals surface area contributed by atoms with E-state index in [1.165, 1.54) is 6.07 Å². The highest BCUT2D eigenvalue weighted by molar-refractivity contribution is 5.71. The van der Waals surface area contributed by atoms with E-state index in [4.69, 9.17) is 4.42 Å². The number of hydrogen-bond donors (Lipinski definition) is 4. The maximum absolute atomic E-state index is 12.5. The molecule has 3 aromatic heterocycles. The van der Waals surface area contributed by atoms with Crippen molar-refractivity contribution in [2.75, 3.05) is 0 Å². The number of aromatic nitrogens is 4. The summed E-state index contributed by atoms with van der Waals surface area (Å²) in [7, 11) is 0. The van der Waals surface area contributed by atoms with Crippen LogP contribution in [0.25, 0.3) is 11.3 Å². The summed E-state index contributed by atoms with van der Waals surface area (Å²) >= 11 is 0. The molecule has 0 atom stereocenters. The lowest BCUT2D eigenvalue weighted by Gasteiger charge is -2.13. The SMILES string of the molecule is Cc1cc(-c2ccc(C(c3c(C)[nH][nH]c3=O)c3c(C)[nH][nH]c3=O)o2)c([N+](=O)[O-])cc1C. The lowest BCUT2D eigenvalue weighted by atomic mass is 9.89. The van der Waals surface area contributed by atoms with Gasteiger partial charge in [0, 0.05) is 17.5 Å². The van der Waals surface area contributed by atoms with Crippen molar-refractivity contribution in [3.63, 3.8) is 0 Å². The van der Waals surface area contributed by atoms with Crippen molar-refractivity contribution in [3.8, 4) is 11.3 Å². The zero-order chi connectivity index (χ0) is 22.4. The number of hydrogen-bond acceptors (Lipinski definition) is 5. The smallest absolute Gasteiger partial charge is 0.280 e. The van der Waals surface area contributed by atoms with Crippen LogP contribution < -0.4 is 11.1 Å². The molecule has 4 aromatic rings. The third-order valence-corrected chi connectivity index (χ3v) is 5.59. The van der Waals surface area contributed by atoms with Crippen molar-refractivity contribution in [2.24, 2.45) is 0 Å². The first-order valence-electron chi connectivity index (χ1n) is 9.59. The number of nitro benzene ring substituents is 1. The molecule has 1 aromatic carbocycles. The average molecular weight is 423 g/mol. The molecule has 0 spiro atoms. The Balaban J connectivity index is 1.94. The van der Waals surface area contributed by atoms with E-state index in [0.29, 0.717) is 33.8 Å². The molecule has 0 amide bonds. The highest BCUT2D eigenvalue weighted by atomic mass is 16.6. The zero-order valence-electron chi connectivity index (χ0n) is 17.4. The zero-order valence-corrected chi connectivity index (χ0v) is 17.4. The number of nitrogens with zero attached hydrogens (tertiary/aromatic N) is 1. The largest absolute Gasteiger partial charge is 0.460 e. The molecule has 10 heteroatoms. The maximum atomic E-state index is 12.5. The molecule has 0 saturated heterocycles. The Kier molecular flexibility index (Phi) is 4.77. The Bertz CT molecular complexity index is 1360. The van der Waals surface area contributed by atoms with E-state index in [-0.39, 0.29) is 22.6 Å². The fourth-order valence-corrected chi connectivity index (χ4v) is 3.84. The molecule has 0 aliphatic carbocycles. The molecule has 31 heavy (non-hydrogen) atoms. The van der Waals surface area contributed by atoms with Crippen molar-refractivity contribution in [3.05, 3.63) is 94.5 Å². The van der Waals surface area contributed by atoms with Crippen LogP contribution in [0.4, 0.5) is 5.69 Å². The summed E-state index contributed by atoms with van der Waals surface area (Å²) in [6, 6.07) is 6.46. The van der Waals surface area contributed by atoms with Crippen molar-refractivity contribution < 1.29 is 9.34 Å². The van der Waals surface area contributed by atoms with E-state index >= 15 is 0 Å². The highest BCUT2D eigenvalue weighted by Gasteiger charge is 2.31. The number of furan rings is 1. The molecule has 0 saturated carbocycles. The van der Waals surface area contributed by atoms with Crippen LogP contribution in [0.1, 0.15) is 45.3 Å². The molecule has 0 radical (unpaired) electrons. The molecule has 0 fully saturated rings. The van der Waals surface area contributed by atoms with Gasteiger partial charge in [-0.05, 0) is 57.0 Å². The van der Waals surface area contributed by atoms with E-state index in [0.717, 1.165) is 11.1 Å². The first-order valence-corrected chi connectivity index (χ1v) is 9.59. The van der Waals surface area contributed by atoms with E-state index < -0.39 is 10.8 Å². The summed E-state index contributed by atoms with van der Waals surface area (Å²) in [5, 5.41) is 22.2. The number of nitrogens with one attached hydrogen (secondary N) is 4. The molecule has 0 aliphatic rings. The standard InChI is InChI=1S/C21H21N5O5/c1-9-7-13(14(26(29)30)8-10(9)2)15-5-6-16(31-15)19(17-11(3)22-24-20(17)27)18-12(4)23-25-21(18)28/h5-8,19H,1-4H3,(H2,22,24,27)(H2,23,25,28). The van der Waals surface area contributed by atoms with Gasteiger partial charge < -0.3 is 14.6 Å². The number of aryl methyl sites for hydroxylation is 4. The molecule has 10 nitrogen and oxygen atoms in total. The van der Waals surface area contributed by atoms with E-state index in [2.05, 4.69) is 20.4 Å². The lowest BCUT2D eigenvalue weighted by molar-refractivity contribution is -0.384. The van der Waals surface area contributed by atoms with E-state index in [1.807, 2.05) is 6.92 Å². The van der Waals surface area contributed by atoms with Gasteiger partial charge in [0.05, 0.1) is 27.5 Å². The molecule has 4 rings (SSSR count). The topological polar surface area (TPSA) is 154 Å². The van der Waals surface area contributed by atoms with Gasteiger partial charge >= 0.3 is 0 Å². The lowest BCUT2D eigenvalue weighted by Crippen LogP contribution is -2.19. The van der Waals surface area contributed by atoms with Crippen LogP contribution in [0, 0.1) is 37.8 Å². The van der Waals surface area contributed by atoms with Gasteiger partial charge in [-0.25, -0.2) is 0 Å². The molecular weight excluding hydrogens is 402 g/mol. The van der Waals surface area contributed by atoms with Crippen LogP contribution >= 0.6 is 0 Å². The van der Waals surface area contributed by atoms with E-state index in [9.17, 15) is 19.7 Å². The third-order valence-electron chi connectivity index (χ3n) is 5.59. The van der Waals surface area contributed by atoms with Crippen molar-refractivity contribution in [2.45, 2.75) is 33.6 Å². The second-order valence-electron chi connectivity index (χ2n) is 7.58. The first-order chi connectivity index (χ1) is 14.7. The molecule has 0 unspecified atom stereocenters. The van der Waals surface area contributed by atoms with Crippen LogP contribution in [0.15, 0.2) is 38.3 Å². The Morgan fingerprint density at radius 1 is 0.871 bits per heavy atom. The fourth-order valence-electron chi connectivity index (χ4n) is 3.84. The average Bonchev–Trinajstić information content (AvgIpc) is 3.41. The van der Waals surface area contributed by atoms with Crippen LogP contribution in [0.2, 0.25) is 0 Å². The van der Waals surface area contributed by atoms with Gasteiger partial charge in [0.2, 0.25) is 0 Å². The fraction of sp³-hybridized carbons (Fsp3) is 0.238. The molecule has 4 N–H and O–H groups in total. The Hall–Kier alpha value is -4.08. The van der Waals surface area contributed by atoms with Crippen molar-refractivity contribution in [1.29, 1.82) is 0 Å². The van der Waals surface area contributed by atoms with Gasteiger partial charge in [-0.15, -0.1) is 0 Å². The Morgan fingerprint density at radius 2 is 1.42 bits per heavy atom. The van der Waals surface area contributed by atoms with Gasteiger partial charge in [0.1, 0.15) is 11.5 Å². The predicted molar refractivity (Wildman–Crippen MR) is 114 cm³/mol. The summed E-state index contributed by atoms with van der Waals surface area (Å²) in [5.41, 5.74) is 2.97. The van der Waals surface area contributed by atoms with Crippen LogP contribution in [-0.2, 0) is 0 Å².